The van der Waals surface area contributed by atoms with Crippen LogP contribution in [0.25, 0.3) is 0 Å². The Labute approximate surface area is 113 Å². The summed E-state index contributed by atoms with van der Waals surface area (Å²) in [5.74, 6) is 1.14. The normalized spacial score (nSPS) is 31.1. The number of rotatable bonds is 2. The van der Waals surface area contributed by atoms with Crippen molar-refractivity contribution >= 4 is 5.95 Å². The molecule has 104 valence electrons. The molecule has 1 saturated heterocycles. The summed E-state index contributed by atoms with van der Waals surface area (Å²) in [5.41, 5.74) is 6.07. The van der Waals surface area contributed by atoms with Crippen LogP contribution in [0.5, 0.6) is 0 Å². The Hall–Kier alpha value is -1.20. The lowest BCUT2D eigenvalue weighted by Crippen LogP contribution is -2.53. The van der Waals surface area contributed by atoms with Crippen LogP contribution in [0.15, 0.2) is 12.4 Å². The largest absolute Gasteiger partial charge is 0.389 e. The highest BCUT2D eigenvalue weighted by atomic mass is 16.3. The van der Waals surface area contributed by atoms with Gasteiger partial charge in [-0.1, -0.05) is 12.8 Å². The summed E-state index contributed by atoms with van der Waals surface area (Å²) in [6.45, 7) is 2.19. The van der Waals surface area contributed by atoms with E-state index in [1.54, 1.807) is 12.4 Å². The highest BCUT2D eigenvalue weighted by Crippen LogP contribution is 2.40. The van der Waals surface area contributed by atoms with Crippen molar-refractivity contribution in [2.24, 2.45) is 11.7 Å². The Kier molecular flexibility index (Phi) is 3.41. The minimum Gasteiger partial charge on any atom is -0.389 e. The van der Waals surface area contributed by atoms with Gasteiger partial charge in [-0.15, -0.1) is 0 Å². The topological polar surface area (TPSA) is 75.3 Å². The van der Waals surface area contributed by atoms with Gasteiger partial charge in [0.2, 0.25) is 5.95 Å². The Morgan fingerprint density at radius 1 is 1.32 bits per heavy atom. The molecule has 1 aliphatic heterocycles. The van der Waals surface area contributed by atoms with Crippen molar-refractivity contribution in [1.82, 2.24) is 9.97 Å². The molecule has 5 nitrogen and oxygen atoms in total. The highest BCUT2D eigenvalue weighted by molar-refractivity contribution is 5.32. The average molecular weight is 262 g/mol. The first-order chi connectivity index (χ1) is 9.21. The number of aromatic nitrogens is 2. The second-order valence-electron chi connectivity index (χ2n) is 5.84. The van der Waals surface area contributed by atoms with Gasteiger partial charge in [-0.05, 0) is 19.3 Å². The zero-order valence-corrected chi connectivity index (χ0v) is 11.3. The molecule has 1 saturated carbocycles. The predicted octanol–water partition coefficient (Wildman–Crippen LogP) is 1.07. The summed E-state index contributed by atoms with van der Waals surface area (Å²) in [6, 6.07) is 0. The monoisotopic (exact) mass is 262 g/mol. The van der Waals surface area contributed by atoms with Crippen molar-refractivity contribution < 1.29 is 5.11 Å². The van der Waals surface area contributed by atoms with Crippen LogP contribution in [0.4, 0.5) is 5.95 Å². The fourth-order valence-electron chi connectivity index (χ4n) is 3.37. The van der Waals surface area contributed by atoms with Gasteiger partial charge in [0.15, 0.2) is 0 Å². The molecule has 19 heavy (non-hydrogen) atoms. The van der Waals surface area contributed by atoms with Gasteiger partial charge >= 0.3 is 0 Å². The quantitative estimate of drug-likeness (QED) is 0.833. The van der Waals surface area contributed by atoms with E-state index in [2.05, 4.69) is 14.9 Å². The second kappa shape index (κ2) is 5.06. The zero-order valence-electron chi connectivity index (χ0n) is 11.3. The van der Waals surface area contributed by atoms with E-state index in [1.165, 1.54) is 6.42 Å². The first kappa shape index (κ1) is 12.8. The van der Waals surface area contributed by atoms with E-state index in [0.717, 1.165) is 50.3 Å². The first-order valence-electron chi connectivity index (χ1n) is 7.19. The van der Waals surface area contributed by atoms with Crippen LogP contribution in [0, 0.1) is 5.92 Å². The van der Waals surface area contributed by atoms with E-state index in [1.807, 2.05) is 0 Å². The highest BCUT2D eigenvalue weighted by Gasteiger charge is 2.43. The Bertz CT molecular complexity index is 436. The molecule has 1 aromatic rings. The van der Waals surface area contributed by atoms with Gasteiger partial charge < -0.3 is 15.7 Å². The van der Waals surface area contributed by atoms with Crippen molar-refractivity contribution in [2.45, 2.75) is 44.2 Å². The van der Waals surface area contributed by atoms with E-state index in [9.17, 15) is 5.11 Å². The van der Waals surface area contributed by atoms with Crippen LogP contribution in [0.2, 0.25) is 0 Å². The van der Waals surface area contributed by atoms with Crippen LogP contribution < -0.4 is 10.6 Å². The van der Waals surface area contributed by atoms with Crippen LogP contribution in [-0.2, 0) is 6.54 Å². The standard InChI is InChI=1S/C14H22N4O/c15-7-11-8-16-13(17-9-11)18-6-5-14(19)4-2-1-3-12(14)10-18/h8-9,12,19H,1-7,10,15H2. The minimum absolute atomic E-state index is 0.368. The third kappa shape index (κ3) is 2.44. The number of aliphatic hydroxyl groups is 1. The Balaban J connectivity index is 1.73. The van der Waals surface area contributed by atoms with Gasteiger partial charge in [-0.25, -0.2) is 9.97 Å². The van der Waals surface area contributed by atoms with Crippen LogP contribution in [0.3, 0.4) is 0 Å². The summed E-state index contributed by atoms with van der Waals surface area (Å²) in [5, 5.41) is 10.7. The third-order valence-electron chi connectivity index (χ3n) is 4.64. The molecule has 0 spiro atoms. The average Bonchev–Trinajstić information content (AvgIpc) is 2.46. The van der Waals surface area contributed by atoms with Crippen molar-refractivity contribution in [1.29, 1.82) is 0 Å². The molecule has 2 atom stereocenters. The lowest BCUT2D eigenvalue weighted by molar-refractivity contribution is -0.0614. The molecule has 2 fully saturated rings. The summed E-state index contributed by atoms with van der Waals surface area (Å²) in [4.78, 5) is 11.0. The van der Waals surface area contributed by atoms with Gasteiger partial charge in [-0.2, -0.15) is 0 Å². The number of anilines is 1. The number of nitrogens with two attached hydrogens (primary N) is 1. The van der Waals surface area contributed by atoms with Crippen LogP contribution >= 0.6 is 0 Å². The molecule has 0 amide bonds. The number of hydrogen-bond donors (Lipinski definition) is 2. The van der Waals surface area contributed by atoms with Crippen molar-refractivity contribution in [2.75, 3.05) is 18.0 Å². The lowest BCUT2D eigenvalue weighted by atomic mass is 9.71. The summed E-state index contributed by atoms with van der Waals surface area (Å²) >= 11 is 0. The molecule has 2 unspecified atom stereocenters. The molecule has 2 aliphatic rings. The van der Waals surface area contributed by atoms with Crippen LogP contribution in [-0.4, -0.2) is 33.8 Å². The molecule has 3 rings (SSSR count). The van der Waals surface area contributed by atoms with E-state index in [4.69, 9.17) is 5.73 Å². The second-order valence-corrected chi connectivity index (χ2v) is 5.84. The molecule has 2 heterocycles. The molecule has 0 radical (unpaired) electrons. The van der Waals surface area contributed by atoms with Gasteiger partial charge in [-0.3, -0.25) is 0 Å². The number of hydrogen-bond acceptors (Lipinski definition) is 5. The molecular weight excluding hydrogens is 240 g/mol. The summed E-state index contributed by atoms with van der Waals surface area (Å²) < 4.78 is 0. The third-order valence-corrected chi connectivity index (χ3v) is 4.64. The first-order valence-corrected chi connectivity index (χ1v) is 7.19. The fraction of sp³-hybridized carbons (Fsp3) is 0.714. The number of nitrogens with zero attached hydrogens (tertiary/aromatic N) is 3. The summed E-state index contributed by atoms with van der Waals surface area (Å²) in [6.07, 6.45) is 8.89. The smallest absolute Gasteiger partial charge is 0.225 e. The molecule has 1 aliphatic carbocycles. The Morgan fingerprint density at radius 2 is 2.11 bits per heavy atom. The number of piperidine rings is 1. The molecule has 0 bridgehead atoms. The summed E-state index contributed by atoms with van der Waals surface area (Å²) in [7, 11) is 0. The maximum Gasteiger partial charge on any atom is 0.225 e. The fourth-order valence-corrected chi connectivity index (χ4v) is 3.37. The Morgan fingerprint density at radius 3 is 2.84 bits per heavy atom. The van der Waals surface area contributed by atoms with Crippen molar-refractivity contribution in [3.05, 3.63) is 18.0 Å². The van der Waals surface area contributed by atoms with Crippen LogP contribution in [0.1, 0.15) is 37.7 Å². The lowest BCUT2D eigenvalue weighted by Gasteiger charge is -2.47. The maximum absolute atomic E-state index is 10.7. The van der Waals surface area contributed by atoms with Crippen molar-refractivity contribution in [3.63, 3.8) is 0 Å². The van der Waals surface area contributed by atoms with E-state index in [0.29, 0.717) is 12.5 Å². The minimum atomic E-state index is -0.439. The van der Waals surface area contributed by atoms with E-state index < -0.39 is 5.60 Å². The number of fused-ring (bicyclic) bond motifs is 1. The van der Waals surface area contributed by atoms with Gasteiger partial charge in [0.05, 0.1) is 5.60 Å². The molecule has 1 aromatic heterocycles. The van der Waals surface area contributed by atoms with Crippen molar-refractivity contribution in [3.8, 4) is 0 Å². The SMILES string of the molecule is NCc1cnc(N2CCC3(O)CCCCC3C2)nc1. The van der Waals surface area contributed by atoms with E-state index >= 15 is 0 Å². The predicted molar refractivity (Wildman–Crippen MR) is 73.7 cm³/mol. The molecule has 3 N–H and O–H groups in total. The maximum atomic E-state index is 10.7. The zero-order chi connectivity index (χ0) is 13.3. The van der Waals surface area contributed by atoms with Gasteiger partial charge in [0.1, 0.15) is 0 Å². The van der Waals surface area contributed by atoms with Gasteiger partial charge in [0, 0.05) is 43.5 Å². The van der Waals surface area contributed by atoms with E-state index in [-0.39, 0.29) is 0 Å². The molecular formula is C14H22N4O. The molecule has 0 aromatic carbocycles. The van der Waals surface area contributed by atoms with Gasteiger partial charge in [0.25, 0.3) is 0 Å². The molecule has 5 heteroatoms.